The second-order valence-electron chi connectivity index (χ2n) is 3.37. The van der Waals surface area contributed by atoms with E-state index in [-0.39, 0.29) is 0 Å². The number of hydrogen-bond acceptors (Lipinski definition) is 2. The molecular formula is C11H12N2. The lowest BCUT2D eigenvalue weighted by molar-refractivity contribution is 0.704. The normalized spacial score (nSPS) is 25.7. The molecule has 2 aliphatic rings. The zero-order chi connectivity index (χ0) is 9.10. The van der Waals surface area contributed by atoms with Gasteiger partial charge in [-0.2, -0.15) is 0 Å². The van der Waals surface area contributed by atoms with Crippen molar-refractivity contribution in [1.29, 1.82) is 5.41 Å². The number of nitrogens with one attached hydrogen (secondary N) is 1. The van der Waals surface area contributed by atoms with Gasteiger partial charge in [0, 0.05) is 30.7 Å². The molecule has 13 heavy (non-hydrogen) atoms. The first-order valence-corrected chi connectivity index (χ1v) is 4.64. The Kier molecular flexibility index (Phi) is 2.27. The van der Waals surface area contributed by atoms with E-state index in [4.69, 9.17) is 5.41 Å². The number of fused-ring (bicyclic) bond motifs is 1. The van der Waals surface area contributed by atoms with Gasteiger partial charge in [0.2, 0.25) is 0 Å². The Morgan fingerprint density at radius 1 is 1.54 bits per heavy atom. The van der Waals surface area contributed by atoms with Crippen molar-refractivity contribution in [1.82, 2.24) is 0 Å². The van der Waals surface area contributed by atoms with E-state index in [9.17, 15) is 0 Å². The Bertz CT molecular complexity index is 339. The average Bonchev–Trinajstić information content (AvgIpc) is 2.41. The Hall–Kier alpha value is -1.36. The van der Waals surface area contributed by atoms with Gasteiger partial charge in [-0.15, -0.1) is 11.8 Å². The summed E-state index contributed by atoms with van der Waals surface area (Å²) in [5, 5.41) is 7.13. The molecule has 0 fully saturated rings. The zero-order valence-electron chi connectivity index (χ0n) is 7.51. The van der Waals surface area contributed by atoms with Crippen LogP contribution in [0, 0.1) is 23.2 Å². The van der Waals surface area contributed by atoms with E-state index in [1.54, 1.807) is 0 Å². The van der Waals surface area contributed by atoms with Crippen LogP contribution in [-0.2, 0) is 0 Å². The van der Waals surface area contributed by atoms with Crippen molar-refractivity contribution in [2.75, 3.05) is 0 Å². The van der Waals surface area contributed by atoms with E-state index >= 15 is 0 Å². The molecule has 1 heterocycles. The molecule has 0 bridgehead atoms. The van der Waals surface area contributed by atoms with Crippen molar-refractivity contribution in [2.45, 2.75) is 25.7 Å². The van der Waals surface area contributed by atoms with Crippen LogP contribution in [0.2, 0.25) is 0 Å². The van der Waals surface area contributed by atoms with Gasteiger partial charge in [-0.25, -0.2) is 0 Å². The minimum atomic E-state index is 0.527. The predicted octanol–water partition coefficient (Wildman–Crippen LogP) is 2.17. The summed E-state index contributed by atoms with van der Waals surface area (Å²) in [5.74, 6) is 6.81. The van der Waals surface area contributed by atoms with Gasteiger partial charge in [-0.3, -0.25) is 4.99 Å². The molecule has 0 radical (unpaired) electrons. The Morgan fingerprint density at radius 2 is 2.46 bits per heavy atom. The van der Waals surface area contributed by atoms with E-state index in [1.165, 1.54) is 11.9 Å². The van der Waals surface area contributed by atoms with Crippen LogP contribution in [0.4, 0.5) is 0 Å². The number of nitrogens with zero attached hydrogens (tertiary/aromatic N) is 1. The highest BCUT2D eigenvalue weighted by Gasteiger charge is 2.18. The molecule has 0 aromatic heterocycles. The van der Waals surface area contributed by atoms with Crippen molar-refractivity contribution in [2.24, 2.45) is 10.9 Å². The number of allylic oxidation sites excluding steroid dienone is 2. The van der Waals surface area contributed by atoms with E-state index in [0.717, 1.165) is 31.4 Å². The highest BCUT2D eigenvalue weighted by atomic mass is 14.8. The summed E-state index contributed by atoms with van der Waals surface area (Å²) in [6, 6.07) is 0. The molecular weight excluding hydrogens is 160 g/mol. The fourth-order valence-electron chi connectivity index (χ4n) is 1.73. The van der Waals surface area contributed by atoms with E-state index in [0.29, 0.717) is 5.92 Å². The van der Waals surface area contributed by atoms with Gasteiger partial charge in [0.25, 0.3) is 0 Å². The molecule has 1 aliphatic heterocycles. The lowest BCUT2D eigenvalue weighted by atomic mass is 9.92. The van der Waals surface area contributed by atoms with Gasteiger partial charge in [0.1, 0.15) is 0 Å². The maximum atomic E-state index is 7.13. The van der Waals surface area contributed by atoms with Gasteiger partial charge in [0.05, 0.1) is 5.70 Å². The highest BCUT2D eigenvalue weighted by molar-refractivity contribution is 5.93. The van der Waals surface area contributed by atoms with Gasteiger partial charge in [0.15, 0.2) is 0 Å². The predicted molar refractivity (Wildman–Crippen MR) is 54.0 cm³/mol. The van der Waals surface area contributed by atoms with Crippen LogP contribution < -0.4 is 0 Å². The lowest BCUT2D eigenvalue weighted by Gasteiger charge is -2.18. The third kappa shape index (κ3) is 1.70. The molecule has 2 heteroatoms. The van der Waals surface area contributed by atoms with Crippen LogP contribution >= 0.6 is 0 Å². The van der Waals surface area contributed by atoms with E-state index in [2.05, 4.69) is 16.8 Å². The van der Waals surface area contributed by atoms with Crippen LogP contribution in [-0.4, -0.2) is 11.9 Å². The van der Waals surface area contributed by atoms with Crippen molar-refractivity contribution in [3.05, 3.63) is 11.8 Å². The maximum absolute atomic E-state index is 7.13. The van der Waals surface area contributed by atoms with Crippen molar-refractivity contribution < 1.29 is 0 Å². The monoisotopic (exact) mass is 172 g/mol. The molecule has 1 aliphatic carbocycles. The fraction of sp³-hybridized carbons (Fsp3) is 0.455. The zero-order valence-corrected chi connectivity index (χ0v) is 7.51. The maximum Gasteiger partial charge on any atom is 0.0765 e. The standard InChI is InChI=1S/C11H12N2/c12-8-10-7-6-9-4-2-1-3-5-11(9)13-10/h7-9,12H,3-6H2. The van der Waals surface area contributed by atoms with Gasteiger partial charge < -0.3 is 5.41 Å². The van der Waals surface area contributed by atoms with Crippen LogP contribution in [0.15, 0.2) is 16.8 Å². The molecule has 2 nitrogen and oxygen atoms in total. The molecule has 2 rings (SSSR count). The first-order chi connectivity index (χ1) is 6.40. The molecule has 0 aromatic rings. The fourth-order valence-corrected chi connectivity index (χ4v) is 1.73. The van der Waals surface area contributed by atoms with Gasteiger partial charge in [-0.1, -0.05) is 6.08 Å². The number of rotatable bonds is 1. The van der Waals surface area contributed by atoms with E-state index < -0.39 is 0 Å². The average molecular weight is 172 g/mol. The molecule has 66 valence electrons. The van der Waals surface area contributed by atoms with Gasteiger partial charge >= 0.3 is 0 Å². The molecule has 1 unspecified atom stereocenters. The minimum absolute atomic E-state index is 0.527. The minimum Gasteiger partial charge on any atom is -0.307 e. The molecule has 0 aromatic carbocycles. The SMILES string of the molecule is N=CC1=CCC2CC#CCCC2=N1. The van der Waals surface area contributed by atoms with Crippen LogP contribution in [0.5, 0.6) is 0 Å². The molecule has 0 spiro atoms. The lowest BCUT2D eigenvalue weighted by Crippen LogP contribution is -2.16. The summed E-state index contributed by atoms with van der Waals surface area (Å²) < 4.78 is 0. The van der Waals surface area contributed by atoms with E-state index in [1.807, 2.05) is 6.08 Å². The van der Waals surface area contributed by atoms with Crippen LogP contribution in [0.3, 0.4) is 0 Å². The summed E-state index contributed by atoms with van der Waals surface area (Å²) in [6.45, 7) is 0. The van der Waals surface area contributed by atoms with Gasteiger partial charge in [-0.05, 0) is 12.8 Å². The molecule has 0 amide bonds. The van der Waals surface area contributed by atoms with Crippen molar-refractivity contribution in [3.8, 4) is 11.8 Å². The first-order valence-electron chi connectivity index (χ1n) is 4.64. The number of hydrogen-bond donors (Lipinski definition) is 1. The smallest absolute Gasteiger partial charge is 0.0765 e. The summed E-state index contributed by atoms with van der Waals surface area (Å²) >= 11 is 0. The molecule has 0 saturated carbocycles. The highest BCUT2D eigenvalue weighted by Crippen LogP contribution is 2.23. The van der Waals surface area contributed by atoms with Crippen molar-refractivity contribution in [3.63, 3.8) is 0 Å². The largest absolute Gasteiger partial charge is 0.307 e. The first kappa shape index (κ1) is 8.25. The second kappa shape index (κ2) is 3.57. The summed E-state index contributed by atoms with van der Waals surface area (Å²) in [5.41, 5.74) is 2.05. The van der Waals surface area contributed by atoms with Crippen LogP contribution in [0.25, 0.3) is 0 Å². The van der Waals surface area contributed by atoms with Crippen molar-refractivity contribution >= 4 is 11.9 Å². The summed E-state index contributed by atoms with van der Waals surface area (Å²) in [6.07, 6.45) is 7.24. The summed E-state index contributed by atoms with van der Waals surface area (Å²) in [4.78, 5) is 4.44. The Morgan fingerprint density at radius 3 is 3.31 bits per heavy atom. The third-order valence-electron chi connectivity index (χ3n) is 2.48. The summed E-state index contributed by atoms with van der Waals surface area (Å²) in [7, 11) is 0. The molecule has 0 saturated heterocycles. The topological polar surface area (TPSA) is 36.2 Å². The third-order valence-corrected chi connectivity index (χ3v) is 2.48. The Labute approximate surface area is 78.3 Å². The quantitative estimate of drug-likeness (QED) is 0.465. The second-order valence-corrected chi connectivity index (χ2v) is 3.37. The van der Waals surface area contributed by atoms with Crippen LogP contribution in [0.1, 0.15) is 25.7 Å². The Balaban J connectivity index is 2.21. The molecule has 1 N–H and O–H groups in total. The number of aliphatic imine (C=N–C) groups is 1. The molecule has 1 atom stereocenters.